The largest absolute Gasteiger partial charge is 0.477 e. The van der Waals surface area contributed by atoms with E-state index in [2.05, 4.69) is 5.32 Å². The van der Waals surface area contributed by atoms with Crippen LogP contribution in [0.4, 0.5) is 20.2 Å². The molecule has 0 atom stereocenters. The van der Waals surface area contributed by atoms with Gasteiger partial charge < -0.3 is 10.1 Å². The number of rotatable bonds is 7. The number of halogens is 2. The summed E-state index contributed by atoms with van der Waals surface area (Å²) < 4.78 is 58.0. The summed E-state index contributed by atoms with van der Waals surface area (Å²) >= 11 is 0. The Hall–Kier alpha value is -3.12. The summed E-state index contributed by atoms with van der Waals surface area (Å²) in [4.78, 5) is 22.2. The van der Waals surface area contributed by atoms with Gasteiger partial charge in [-0.2, -0.15) is 4.31 Å². The van der Waals surface area contributed by atoms with Gasteiger partial charge in [0.15, 0.2) is 12.4 Å². The maximum atomic E-state index is 13.6. The van der Waals surface area contributed by atoms with E-state index in [9.17, 15) is 32.1 Å². The molecule has 12 heteroatoms. The second kappa shape index (κ2) is 8.71. The van der Waals surface area contributed by atoms with Gasteiger partial charge in [-0.1, -0.05) is 0 Å². The summed E-state index contributed by atoms with van der Waals surface area (Å²) in [6.45, 7) is -0.0289. The average molecular weight is 441 g/mol. The van der Waals surface area contributed by atoms with Gasteiger partial charge in [-0.05, 0) is 37.1 Å². The monoisotopic (exact) mass is 441 g/mol. The smallest absolute Gasteiger partial charge is 0.312 e. The van der Waals surface area contributed by atoms with E-state index in [4.69, 9.17) is 4.74 Å². The van der Waals surface area contributed by atoms with Crippen LogP contribution in [0, 0.1) is 21.7 Å². The molecule has 0 aromatic heterocycles. The first-order valence-electron chi connectivity index (χ1n) is 8.85. The molecule has 0 unspecified atom stereocenters. The number of carbonyl (C=O) groups is 1. The lowest BCUT2D eigenvalue weighted by Crippen LogP contribution is -2.28. The lowest BCUT2D eigenvalue weighted by Gasteiger charge is -2.16. The summed E-state index contributed by atoms with van der Waals surface area (Å²) in [6.07, 6.45) is 1.43. The van der Waals surface area contributed by atoms with Crippen LogP contribution >= 0.6 is 0 Å². The van der Waals surface area contributed by atoms with Gasteiger partial charge >= 0.3 is 5.69 Å². The van der Waals surface area contributed by atoms with E-state index in [1.54, 1.807) is 0 Å². The summed E-state index contributed by atoms with van der Waals surface area (Å²) in [5.74, 6) is -2.98. The number of amides is 1. The molecule has 2 aromatic carbocycles. The van der Waals surface area contributed by atoms with E-state index in [0.717, 1.165) is 30.3 Å². The highest BCUT2D eigenvalue weighted by Gasteiger charge is 2.30. The van der Waals surface area contributed by atoms with Gasteiger partial charge in [0.05, 0.1) is 15.5 Å². The molecule has 1 aliphatic rings. The molecular formula is C18H17F2N3O6S. The molecule has 0 saturated carbocycles. The Labute approximate surface area is 170 Å². The Morgan fingerprint density at radius 2 is 1.87 bits per heavy atom. The van der Waals surface area contributed by atoms with Crippen LogP contribution in [0.3, 0.4) is 0 Å². The zero-order valence-electron chi connectivity index (χ0n) is 15.5. The van der Waals surface area contributed by atoms with Crippen LogP contribution in [0.15, 0.2) is 41.3 Å². The minimum atomic E-state index is -3.87. The normalized spacial score (nSPS) is 14.5. The summed E-state index contributed by atoms with van der Waals surface area (Å²) in [6, 6.07) is 5.68. The highest BCUT2D eigenvalue weighted by atomic mass is 32.2. The van der Waals surface area contributed by atoms with Gasteiger partial charge in [0.25, 0.3) is 5.91 Å². The van der Waals surface area contributed by atoms with Crippen LogP contribution in [-0.4, -0.2) is 43.2 Å². The van der Waals surface area contributed by atoms with Crippen molar-refractivity contribution in [2.24, 2.45) is 0 Å². The van der Waals surface area contributed by atoms with Crippen molar-refractivity contribution in [2.45, 2.75) is 17.7 Å². The maximum Gasteiger partial charge on any atom is 0.312 e. The molecule has 1 heterocycles. The fourth-order valence-electron chi connectivity index (χ4n) is 2.92. The third-order valence-electron chi connectivity index (χ3n) is 4.39. The molecule has 9 nitrogen and oxygen atoms in total. The number of nitro benzene ring substituents is 1. The third-order valence-corrected chi connectivity index (χ3v) is 6.29. The summed E-state index contributed by atoms with van der Waals surface area (Å²) in [5, 5.41) is 13.5. The zero-order valence-corrected chi connectivity index (χ0v) is 16.3. The maximum absolute atomic E-state index is 13.6. The predicted molar refractivity (Wildman–Crippen MR) is 102 cm³/mol. The average Bonchev–Trinajstić information content (AvgIpc) is 3.24. The van der Waals surface area contributed by atoms with Crippen molar-refractivity contribution in [1.82, 2.24) is 4.31 Å². The van der Waals surface area contributed by atoms with E-state index in [0.29, 0.717) is 32.0 Å². The van der Waals surface area contributed by atoms with Gasteiger partial charge in [-0.3, -0.25) is 14.9 Å². The van der Waals surface area contributed by atoms with Crippen LogP contribution in [0.1, 0.15) is 12.8 Å². The van der Waals surface area contributed by atoms with Crippen LogP contribution in [-0.2, 0) is 14.8 Å². The number of nitrogens with one attached hydrogen (secondary N) is 1. The lowest BCUT2D eigenvalue weighted by atomic mass is 10.3. The van der Waals surface area contributed by atoms with Gasteiger partial charge in [0.2, 0.25) is 10.0 Å². The number of ether oxygens (including phenoxy) is 1. The first kappa shape index (κ1) is 21.6. The van der Waals surface area contributed by atoms with E-state index in [-0.39, 0.29) is 16.3 Å². The van der Waals surface area contributed by atoms with Crippen molar-refractivity contribution in [3.63, 3.8) is 0 Å². The highest BCUT2D eigenvalue weighted by Crippen LogP contribution is 2.31. The van der Waals surface area contributed by atoms with Crippen LogP contribution < -0.4 is 10.1 Å². The molecule has 1 amide bonds. The SMILES string of the molecule is O=C(COc1ccc(S(=O)(=O)N2CCCC2)cc1[N+](=O)[O-])Nc1ccc(F)cc1F. The molecule has 1 N–H and O–H groups in total. The quantitative estimate of drug-likeness (QED) is 0.521. The van der Waals surface area contributed by atoms with E-state index in [1.807, 2.05) is 0 Å². The Kier molecular flexibility index (Phi) is 6.27. The minimum Gasteiger partial charge on any atom is -0.477 e. The number of nitro groups is 1. The molecule has 1 fully saturated rings. The van der Waals surface area contributed by atoms with Crippen LogP contribution in [0.5, 0.6) is 5.75 Å². The van der Waals surface area contributed by atoms with Crippen LogP contribution in [0.25, 0.3) is 0 Å². The fourth-order valence-corrected chi connectivity index (χ4v) is 4.46. The van der Waals surface area contributed by atoms with Crippen molar-refractivity contribution < 1.29 is 31.7 Å². The van der Waals surface area contributed by atoms with Crippen molar-refractivity contribution >= 4 is 27.3 Å². The van der Waals surface area contributed by atoms with Gasteiger partial charge in [-0.15, -0.1) is 0 Å². The Morgan fingerprint density at radius 3 is 2.50 bits per heavy atom. The summed E-state index contributed by atoms with van der Waals surface area (Å²) in [5.41, 5.74) is -0.914. The number of anilines is 1. The number of carbonyl (C=O) groups excluding carboxylic acids is 1. The van der Waals surface area contributed by atoms with E-state index in [1.165, 1.54) is 4.31 Å². The molecule has 2 aromatic rings. The standard InChI is InChI=1S/C18H17F2N3O6S/c19-12-3-5-15(14(20)9-12)21-18(24)11-29-17-6-4-13(10-16(17)23(25)26)30(27,28)22-7-1-2-8-22/h3-6,9-10H,1-2,7-8,11H2,(H,21,24). The zero-order chi connectivity index (χ0) is 21.9. The van der Waals surface area contributed by atoms with Crippen LogP contribution in [0.2, 0.25) is 0 Å². The van der Waals surface area contributed by atoms with Crippen molar-refractivity contribution in [2.75, 3.05) is 25.0 Å². The molecule has 3 rings (SSSR count). The molecule has 0 spiro atoms. The van der Waals surface area contributed by atoms with E-state index < -0.39 is 44.8 Å². The molecular weight excluding hydrogens is 424 g/mol. The topological polar surface area (TPSA) is 119 Å². The second-order valence-corrected chi connectivity index (χ2v) is 8.40. The first-order chi connectivity index (χ1) is 14.2. The Bertz CT molecular complexity index is 1090. The predicted octanol–water partition coefficient (Wildman–Crippen LogP) is 2.68. The molecule has 160 valence electrons. The number of hydrogen-bond acceptors (Lipinski definition) is 6. The minimum absolute atomic E-state index is 0.249. The van der Waals surface area contributed by atoms with Gasteiger partial charge in [-0.25, -0.2) is 17.2 Å². The number of nitrogens with zero attached hydrogens (tertiary/aromatic N) is 2. The highest BCUT2D eigenvalue weighted by molar-refractivity contribution is 7.89. The van der Waals surface area contributed by atoms with Crippen molar-refractivity contribution in [1.29, 1.82) is 0 Å². The number of benzene rings is 2. The number of sulfonamides is 1. The van der Waals surface area contributed by atoms with Gasteiger partial charge in [0, 0.05) is 25.2 Å². The van der Waals surface area contributed by atoms with Crippen molar-refractivity contribution in [3.05, 3.63) is 58.1 Å². The molecule has 0 bridgehead atoms. The second-order valence-electron chi connectivity index (χ2n) is 6.46. The Morgan fingerprint density at radius 1 is 1.17 bits per heavy atom. The first-order valence-corrected chi connectivity index (χ1v) is 10.3. The molecule has 0 radical (unpaired) electrons. The third kappa shape index (κ3) is 4.71. The lowest BCUT2D eigenvalue weighted by molar-refractivity contribution is -0.386. The Balaban J connectivity index is 1.74. The van der Waals surface area contributed by atoms with E-state index >= 15 is 0 Å². The molecule has 1 saturated heterocycles. The van der Waals surface area contributed by atoms with Gasteiger partial charge in [0.1, 0.15) is 11.6 Å². The summed E-state index contributed by atoms with van der Waals surface area (Å²) in [7, 11) is -3.87. The van der Waals surface area contributed by atoms with Crippen molar-refractivity contribution in [3.8, 4) is 5.75 Å². The number of hydrogen-bond donors (Lipinski definition) is 1. The fraction of sp³-hybridized carbons (Fsp3) is 0.278. The molecule has 0 aliphatic carbocycles. The molecule has 30 heavy (non-hydrogen) atoms. The molecule has 1 aliphatic heterocycles.